The molecule has 4 N–H and O–H groups in total. The van der Waals surface area contributed by atoms with Gasteiger partial charge in [-0.3, -0.25) is 4.79 Å². The zero-order chi connectivity index (χ0) is 13.8. The molecule has 98 valence electrons. The number of nitrogen functional groups attached to an aromatic ring is 1. The molecule has 0 atom stereocenters. The zero-order valence-corrected chi connectivity index (χ0v) is 10.7. The third-order valence-corrected chi connectivity index (χ3v) is 2.93. The Morgan fingerprint density at radius 2 is 1.89 bits per heavy atom. The minimum Gasteiger partial charge on any atom is -0.398 e. The van der Waals surface area contributed by atoms with Crippen molar-refractivity contribution in [2.45, 2.75) is 13.5 Å². The Labute approximate surface area is 111 Å². The van der Waals surface area contributed by atoms with E-state index in [9.17, 15) is 4.79 Å². The molecule has 19 heavy (non-hydrogen) atoms. The summed E-state index contributed by atoms with van der Waals surface area (Å²) in [6.45, 7) is 1.83. The number of carbonyl (C=O) groups is 1. The Kier molecular flexibility index (Phi) is 3.82. The first kappa shape index (κ1) is 13.1. The lowest BCUT2D eigenvalue weighted by molar-refractivity contribution is 0.102. The molecule has 0 spiro atoms. The lowest BCUT2D eigenvalue weighted by Gasteiger charge is -2.10. The summed E-state index contributed by atoms with van der Waals surface area (Å²) in [7, 11) is 0. The van der Waals surface area contributed by atoms with Gasteiger partial charge in [0, 0.05) is 11.4 Å². The summed E-state index contributed by atoms with van der Waals surface area (Å²) in [6, 6.07) is 12.4. The van der Waals surface area contributed by atoms with Crippen LogP contribution in [0.2, 0.25) is 0 Å². The van der Waals surface area contributed by atoms with Gasteiger partial charge in [0.25, 0.3) is 5.91 Å². The molecule has 2 aromatic rings. The Balaban J connectivity index is 2.21. The molecule has 2 aromatic carbocycles. The van der Waals surface area contributed by atoms with Crippen molar-refractivity contribution in [1.29, 1.82) is 0 Å². The second-order valence-corrected chi connectivity index (χ2v) is 4.35. The third kappa shape index (κ3) is 2.92. The number of nitrogens with one attached hydrogen (secondary N) is 1. The van der Waals surface area contributed by atoms with Crippen LogP contribution >= 0.6 is 0 Å². The van der Waals surface area contributed by atoms with E-state index in [1.54, 1.807) is 30.3 Å². The highest BCUT2D eigenvalue weighted by Crippen LogP contribution is 2.18. The predicted octanol–water partition coefficient (Wildman–Crippen LogP) is 2.32. The number of amides is 1. The van der Waals surface area contributed by atoms with E-state index in [0.717, 1.165) is 11.1 Å². The first-order chi connectivity index (χ1) is 9.11. The molecule has 0 bridgehead atoms. The number of aliphatic hydroxyl groups is 1. The molecule has 0 heterocycles. The van der Waals surface area contributed by atoms with Crippen LogP contribution in [0.1, 0.15) is 21.5 Å². The van der Waals surface area contributed by atoms with Gasteiger partial charge in [-0.15, -0.1) is 0 Å². The summed E-state index contributed by atoms with van der Waals surface area (Å²) in [5, 5.41) is 11.7. The van der Waals surface area contributed by atoms with Gasteiger partial charge in [0.05, 0.1) is 12.2 Å². The SMILES string of the molecule is Cc1cccc(N)c1C(=O)Nc1ccc(CO)cc1. The highest BCUT2D eigenvalue weighted by atomic mass is 16.3. The number of aliphatic hydroxyl groups excluding tert-OH is 1. The van der Waals surface area contributed by atoms with Gasteiger partial charge in [-0.2, -0.15) is 0 Å². The molecular weight excluding hydrogens is 240 g/mol. The van der Waals surface area contributed by atoms with Crippen molar-refractivity contribution in [3.8, 4) is 0 Å². The molecule has 0 saturated heterocycles. The predicted molar refractivity (Wildman–Crippen MR) is 75.9 cm³/mol. The van der Waals surface area contributed by atoms with Crippen LogP contribution in [0.3, 0.4) is 0 Å². The molecule has 0 fully saturated rings. The summed E-state index contributed by atoms with van der Waals surface area (Å²) in [6.07, 6.45) is 0. The van der Waals surface area contributed by atoms with Crippen LogP contribution in [0.15, 0.2) is 42.5 Å². The van der Waals surface area contributed by atoms with Gasteiger partial charge in [0.15, 0.2) is 0 Å². The van der Waals surface area contributed by atoms with Crippen LogP contribution in [0, 0.1) is 6.92 Å². The second-order valence-electron chi connectivity index (χ2n) is 4.35. The second kappa shape index (κ2) is 5.54. The van der Waals surface area contributed by atoms with Gasteiger partial charge < -0.3 is 16.2 Å². The Morgan fingerprint density at radius 3 is 2.47 bits per heavy atom. The van der Waals surface area contributed by atoms with Gasteiger partial charge in [-0.1, -0.05) is 24.3 Å². The van der Waals surface area contributed by atoms with Crippen LogP contribution in [0.4, 0.5) is 11.4 Å². The normalized spacial score (nSPS) is 10.2. The fourth-order valence-corrected chi connectivity index (χ4v) is 1.89. The quantitative estimate of drug-likeness (QED) is 0.738. The molecule has 0 radical (unpaired) electrons. The van der Waals surface area contributed by atoms with Crippen molar-refractivity contribution in [2.75, 3.05) is 11.1 Å². The van der Waals surface area contributed by atoms with Crippen molar-refractivity contribution in [2.24, 2.45) is 0 Å². The average Bonchev–Trinajstić information content (AvgIpc) is 2.39. The number of hydrogen-bond acceptors (Lipinski definition) is 3. The van der Waals surface area contributed by atoms with Crippen molar-refractivity contribution < 1.29 is 9.90 Å². The number of nitrogens with two attached hydrogens (primary N) is 1. The van der Waals surface area contributed by atoms with Crippen LogP contribution in [0.25, 0.3) is 0 Å². The fourth-order valence-electron chi connectivity index (χ4n) is 1.89. The molecular formula is C15H16N2O2. The molecule has 4 heteroatoms. The molecule has 0 aliphatic carbocycles. The van der Waals surface area contributed by atoms with Gasteiger partial charge in [0.2, 0.25) is 0 Å². The average molecular weight is 256 g/mol. The number of carbonyl (C=O) groups excluding carboxylic acids is 1. The highest BCUT2D eigenvalue weighted by molar-refractivity contribution is 6.08. The van der Waals surface area contributed by atoms with E-state index in [2.05, 4.69) is 5.32 Å². The zero-order valence-electron chi connectivity index (χ0n) is 10.7. The summed E-state index contributed by atoms with van der Waals surface area (Å²) < 4.78 is 0. The molecule has 0 saturated carbocycles. The van der Waals surface area contributed by atoms with Crippen LogP contribution in [0.5, 0.6) is 0 Å². The molecule has 0 aliphatic heterocycles. The summed E-state index contributed by atoms with van der Waals surface area (Å²) >= 11 is 0. The van der Waals surface area contributed by atoms with E-state index in [1.165, 1.54) is 0 Å². The van der Waals surface area contributed by atoms with Crippen molar-refractivity contribution in [3.63, 3.8) is 0 Å². The number of benzene rings is 2. The standard InChI is InChI=1S/C15H16N2O2/c1-10-3-2-4-13(16)14(10)15(19)17-12-7-5-11(9-18)6-8-12/h2-8,18H,9,16H2,1H3,(H,17,19). The van der Waals surface area contributed by atoms with Gasteiger partial charge >= 0.3 is 0 Å². The van der Waals surface area contributed by atoms with Crippen molar-refractivity contribution in [3.05, 3.63) is 59.2 Å². The molecule has 0 aliphatic rings. The number of hydrogen-bond donors (Lipinski definition) is 3. The Bertz CT molecular complexity index is 571. The van der Waals surface area contributed by atoms with E-state index >= 15 is 0 Å². The smallest absolute Gasteiger partial charge is 0.258 e. The monoisotopic (exact) mass is 256 g/mol. The maximum Gasteiger partial charge on any atom is 0.258 e. The molecule has 0 aromatic heterocycles. The maximum atomic E-state index is 12.2. The van der Waals surface area contributed by atoms with Gasteiger partial charge in [-0.05, 0) is 36.2 Å². The number of rotatable bonds is 3. The fraction of sp³-hybridized carbons (Fsp3) is 0.133. The van der Waals surface area contributed by atoms with Crippen molar-refractivity contribution in [1.82, 2.24) is 0 Å². The highest BCUT2D eigenvalue weighted by Gasteiger charge is 2.12. The lowest BCUT2D eigenvalue weighted by atomic mass is 10.1. The van der Waals surface area contributed by atoms with Crippen LogP contribution in [-0.2, 0) is 6.61 Å². The maximum absolute atomic E-state index is 12.2. The van der Waals surface area contributed by atoms with E-state index in [4.69, 9.17) is 10.8 Å². The summed E-state index contributed by atoms with van der Waals surface area (Å²) in [4.78, 5) is 12.2. The molecule has 1 amide bonds. The topological polar surface area (TPSA) is 75.4 Å². The summed E-state index contributed by atoms with van der Waals surface area (Å²) in [5.74, 6) is -0.229. The first-order valence-electron chi connectivity index (χ1n) is 5.98. The number of aryl methyl sites for hydroxylation is 1. The lowest BCUT2D eigenvalue weighted by Crippen LogP contribution is -2.15. The Morgan fingerprint density at radius 1 is 1.21 bits per heavy atom. The van der Waals surface area contributed by atoms with Crippen LogP contribution < -0.4 is 11.1 Å². The van der Waals surface area contributed by atoms with E-state index in [-0.39, 0.29) is 12.5 Å². The molecule has 0 unspecified atom stereocenters. The van der Waals surface area contributed by atoms with Gasteiger partial charge in [0.1, 0.15) is 0 Å². The van der Waals surface area contributed by atoms with E-state index < -0.39 is 0 Å². The molecule has 2 rings (SSSR count). The van der Waals surface area contributed by atoms with E-state index in [0.29, 0.717) is 16.9 Å². The van der Waals surface area contributed by atoms with Crippen LogP contribution in [-0.4, -0.2) is 11.0 Å². The van der Waals surface area contributed by atoms with E-state index in [1.807, 2.05) is 19.1 Å². The van der Waals surface area contributed by atoms with Crippen molar-refractivity contribution >= 4 is 17.3 Å². The minimum absolute atomic E-state index is 0.0149. The largest absolute Gasteiger partial charge is 0.398 e. The first-order valence-corrected chi connectivity index (χ1v) is 5.98. The van der Waals surface area contributed by atoms with Gasteiger partial charge in [-0.25, -0.2) is 0 Å². The number of anilines is 2. The Hall–Kier alpha value is -2.33. The molecule has 4 nitrogen and oxygen atoms in total. The minimum atomic E-state index is -0.229. The third-order valence-electron chi connectivity index (χ3n) is 2.93. The summed E-state index contributed by atoms with van der Waals surface area (Å²) in [5.41, 5.74) is 9.09.